The zero-order valence-electron chi connectivity index (χ0n) is 11.5. The Labute approximate surface area is 110 Å². The van der Waals surface area contributed by atoms with Crippen molar-refractivity contribution in [1.82, 2.24) is 10.2 Å². The molecular formula is C14H28N2O2. The number of hydrogen-bond acceptors (Lipinski definition) is 4. The first-order chi connectivity index (χ1) is 8.69. The van der Waals surface area contributed by atoms with Gasteiger partial charge in [0.25, 0.3) is 0 Å². The molecule has 1 heterocycles. The number of piperidine rings is 1. The number of rotatable bonds is 7. The topological polar surface area (TPSA) is 55.7 Å². The van der Waals surface area contributed by atoms with Gasteiger partial charge in [-0.05, 0) is 51.0 Å². The average molecular weight is 256 g/mol. The van der Waals surface area contributed by atoms with Crippen molar-refractivity contribution in [2.24, 2.45) is 11.8 Å². The van der Waals surface area contributed by atoms with Crippen LogP contribution in [-0.4, -0.2) is 60.0 Å². The van der Waals surface area contributed by atoms with Gasteiger partial charge in [-0.25, -0.2) is 0 Å². The van der Waals surface area contributed by atoms with E-state index in [4.69, 9.17) is 5.11 Å². The van der Waals surface area contributed by atoms with Gasteiger partial charge < -0.3 is 20.4 Å². The smallest absolute Gasteiger partial charge is 0.0553 e. The van der Waals surface area contributed by atoms with E-state index in [-0.39, 0.29) is 12.7 Å². The highest BCUT2D eigenvalue weighted by Gasteiger charge is 2.32. The highest BCUT2D eigenvalue weighted by molar-refractivity contribution is 4.88. The van der Waals surface area contributed by atoms with E-state index in [1.165, 1.54) is 19.4 Å². The van der Waals surface area contributed by atoms with Crippen LogP contribution in [0.2, 0.25) is 0 Å². The van der Waals surface area contributed by atoms with Crippen LogP contribution >= 0.6 is 0 Å². The Bertz CT molecular complexity index is 244. The molecule has 3 unspecified atom stereocenters. The first kappa shape index (κ1) is 14.3. The lowest BCUT2D eigenvalue weighted by molar-refractivity contribution is 0.0460. The molecule has 0 radical (unpaired) electrons. The SMILES string of the molecule is CC(O)C1CC(NCCCO)CN(CC2CC2)C1. The van der Waals surface area contributed by atoms with Crippen molar-refractivity contribution in [1.29, 1.82) is 0 Å². The van der Waals surface area contributed by atoms with E-state index >= 15 is 0 Å². The van der Waals surface area contributed by atoms with E-state index in [2.05, 4.69) is 10.2 Å². The molecule has 0 aromatic rings. The molecule has 3 N–H and O–H groups in total. The summed E-state index contributed by atoms with van der Waals surface area (Å²) < 4.78 is 0. The highest BCUT2D eigenvalue weighted by Crippen LogP contribution is 2.31. The van der Waals surface area contributed by atoms with Crippen LogP contribution in [0.3, 0.4) is 0 Å². The molecule has 1 saturated carbocycles. The standard InChI is InChI=1S/C14H28N2O2/c1-11(18)13-7-14(15-5-2-6-17)10-16(9-13)8-12-3-4-12/h11-15,17-18H,2-10H2,1H3. The van der Waals surface area contributed by atoms with Crippen molar-refractivity contribution in [2.75, 3.05) is 32.8 Å². The largest absolute Gasteiger partial charge is 0.396 e. The minimum absolute atomic E-state index is 0.214. The molecule has 0 amide bonds. The Morgan fingerprint density at radius 3 is 2.72 bits per heavy atom. The molecule has 1 aliphatic carbocycles. The van der Waals surface area contributed by atoms with Crippen molar-refractivity contribution in [3.8, 4) is 0 Å². The summed E-state index contributed by atoms with van der Waals surface area (Å²) in [6.45, 7) is 6.41. The normalized spacial score (nSPS) is 31.5. The summed E-state index contributed by atoms with van der Waals surface area (Å²) in [6.07, 6.45) is 4.44. The van der Waals surface area contributed by atoms with E-state index in [9.17, 15) is 5.11 Å². The number of aliphatic hydroxyl groups excluding tert-OH is 2. The lowest BCUT2D eigenvalue weighted by Crippen LogP contribution is -2.52. The average Bonchev–Trinajstić information content (AvgIpc) is 3.13. The summed E-state index contributed by atoms with van der Waals surface area (Å²) in [5.41, 5.74) is 0. The molecule has 3 atom stereocenters. The Hall–Kier alpha value is -0.160. The third kappa shape index (κ3) is 4.50. The van der Waals surface area contributed by atoms with E-state index in [0.29, 0.717) is 12.0 Å². The fourth-order valence-corrected chi connectivity index (χ4v) is 2.93. The van der Waals surface area contributed by atoms with E-state index in [1.807, 2.05) is 6.92 Å². The van der Waals surface area contributed by atoms with Crippen molar-refractivity contribution in [3.05, 3.63) is 0 Å². The predicted molar refractivity (Wildman–Crippen MR) is 72.4 cm³/mol. The first-order valence-corrected chi connectivity index (χ1v) is 7.43. The Balaban J connectivity index is 1.80. The van der Waals surface area contributed by atoms with Crippen molar-refractivity contribution >= 4 is 0 Å². The summed E-state index contributed by atoms with van der Waals surface area (Å²) in [6, 6.07) is 0.476. The van der Waals surface area contributed by atoms with Crippen LogP contribution in [0.1, 0.15) is 32.6 Å². The molecule has 0 aromatic carbocycles. The number of aliphatic hydroxyl groups is 2. The van der Waals surface area contributed by atoms with E-state index in [1.54, 1.807) is 0 Å². The van der Waals surface area contributed by atoms with Gasteiger partial charge in [-0.2, -0.15) is 0 Å². The zero-order valence-corrected chi connectivity index (χ0v) is 11.5. The van der Waals surface area contributed by atoms with Crippen LogP contribution in [0.5, 0.6) is 0 Å². The molecule has 1 aliphatic heterocycles. The molecular weight excluding hydrogens is 228 g/mol. The molecule has 0 aromatic heterocycles. The minimum Gasteiger partial charge on any atom is -0.396 e. The third-order valence-corrected chi connectivity index (χ3v) is 4.22. The second-order valence-corrected chi connectivity index (χ2v) is 6.13. The van der Waals surface area contributed by atoms with Crippen molar-refractivity contribution in [2.45, 2.75) is 44.8 Å². The fraction of sp³-hybridized carbons (Fsp3) is 1.00. The molecule has 1 saturated heterocycles. The van der Waals surface area contributed by atoms with Crippen LogP contribution in [0.25, 0.3) is 0 Å². The fourth-order valence-electron chi connectivity index (χ4n) is 2.93. The summed E-state index contributed by atoms with van der Waals surface area (Å²) in [5, 5.41) is 22.2. The van der Waals surface area contributed by atoms with Crippen molar-refractivity contribution in [3.63, 3.8) is 0 Å². The zero-order chi connectivity index (χ0) is 13.0. The first-order valence-electron chi connectivity index (χ1n) is 7.43. The van der Waals surface area contributed by atoms with Crippen LogP contribution in [-0.2, 0) is 0 Å². The second-order valence-electron chi connectivity index (χ2n) is 6.13. The van der Waals surface area contributed by atoms with Gasteiger partial charge >= 0.3 is 0 Å². The number of likely N-dealkylation sites (tertiary alicyclic amines) is 1. The third-order valence-electron chi connectivity index (χ3n) is 4.22. The molecule has 4 heteroatoms. The Morgan fingerprint density at radius 1 is 1.33 bits per heavy atom. The molecule has 106 valence electrons. The van der Waals surface area contributed by atoms with Crippen LogP contribution < -0.4 is 5.32 Å². The molecule has 2 fully saturated rings. The van der Waals surface area contributed by atoms with Gasteiger partial charge in [0.05, 0.1) is 6.10 Å². The van der Waals surface area contributed by atoms with Gasteiger partial charge in [-0.15, -0.1) is 0 Å². The van der Waals surface area contributed by atoms with Gasteiger partial charge in [0.15, 0.2) is 0 Å². The van der Waals surface area contributed by atoms with E-state index < -0.39 is 0 Å². The van der Waals surface area contributed by atoms with Gasteiger partial charge in [-0.3, -0.25) is 0 Å². The second kappa shape index (κ2) is 6.85. The molecule has 2 aliphatic rings. The number of nitrogens with zero attached hydrogens (tertiary/aromatic N) is 1. The van der Waals surface area contributed by atoms with Crippen LogP contribution in [0, 0.1) is 11.8 Å². The summed E-state index contributed by atoms with van der Waals surface area (Å²) >= 11 is 0. The molecule has 0 spiro atoms. The van der Waals surface area contributed by atoms with Gasteiger partial charge in [0, 0.05) is 32.3 Å². The molecule has 0 bridgehead atoms. The van der Waals surface area contributed by atoms with E-state index in [0.717, 1.165) is 38.4 Å². The summed E-state index contributed by atoms with van der Waals surface area (Å²) in [4.78, 5) is 2.52. The highest BCUT2D eigenvalue weighted by atomic mass is 16.3. The maximum absolute atomic E-state index is 9.84. The van der Waals surface area contributed by atoms with Gasteiger partial charge in [0.2, 0.25) is 0 Å². The lowest BCUT2D eigenvalue weighted by Gasteiger charge is -2.39. The summed E-state index contributed by atoms with van der Waals surface area (Å²) in [7, 11) is 0. The quantitative estimate of drug-likeness (QED) is 0.579. The lowest BCUT2D eigenvalue weighted by atomic mass is 9.90. The van der Waals surface area contributed by atoms with Crippen molar-refractivity contribution < 1.29 is 10.2 Å². The van der Waals surface area contributed by atoms with Gasteiger partial charge in [0.1, 0.15) is 0 Å². The maximum atomic E-state index is 9.84. The summed E-state index contributed by atoms with van der Waals surface area (Å²) in [5.74, 6) is 1.31. The maximum Gasteiger partial charge on any atom is 0.0553 e. The molecule has 4 nitrogen and oxygen atoms in total. The minimum atomic E-state index is -0.214. The predicted octanol–water partition coefficient (Wildman–Crippen LogP) is 0.440. The molecule has 2 rings (SSSR count). The Morgan fingerprint density at radius 2 is 2.11 bits per heavy atom. The van der Waals surface area contributed by atoms with Crippen LogP contribution in [0.4, 0.5) is 0 Å². The number of hydrogen-bond donors (Lipinski definition) is 3. The number of nitrogens with one attached hydrogen (secondary N) is 1. The van der Waals surface area contributed by atoms with Gasteiger partial charge in [-0.1, -0.05) is 0 Å². The molecule has 18 heavy (non-hydrogen) atoms. The Kier molecular flexibility index (Phi) is 5.42. The monoisotopic (exact) mass is 256 g/mol. The van der Waals surface area contributed by atoms with Crippen LogP contribution in [0.15, 0.2) is 0 Å².